The van der Waals surface area contributed by atoms with Gasteiger partial charge in [-0.05, 0) is 6.92 Å². The van der Waals surface area contributed by atoms with Crippen molar-refractivity contribution >= 4 is 5.90 Å². The lowest BCUT2D eigenvalue weighted by atomic mass is 10.3. The van der Waals surface area contributed by atoms with Crippen LogP contribution in [0, 0.1) is 5.41 Å². The van der Waals surface area contributed by atoms with Gasteiger partial charge in [-0.3, -0.25) is 5.41 Å². The third kappa shape index (κ3) is 3.73. The van der Waals surface area contributed by atoms with E-state index in [2.05, 4.69) is 11.3 Å². The van der Waals surface area contributed by atoms with Crippen molar-refractivity contribution in [2.75, 3.05) is 13.2 Å². The highest BCUT2D eigenvalue weighted by Crippen LogP contribution is 1.90. The Morgan fingerprint density at radius 1 is 1.78 bits per heavy atom. The molecule has 0 aromatic rings. The van der Waals surface area contributed by atoms with Crippen molar-refractivity contribution < 1.29 is 9.84 Å². The van der Waals surface area contributed by atoms with Gasteiger partial charge < -0.3 is 9.84 Å². The van der Waals surface area contributed by atoms with Gasteiger partial charge in [0.25, 0.3) is 0 Å². The molecule has 3 nitrogen and oxygen atoms in total. The smallest absolute Gasteiger partial charge is 0.208 e. The maximum absolute atomic E-state index is 8.25. The van der Waals surface area contributed by atoms with Gasteiger partial charge in [0, 0.05) is 5.57 Å². The van der Waals surface area contributed by atoms with Crippen LogP contribution >= 0.6 is 0 Å². The molecule has 0 unspecified atom stereocenters. The summed E-state index contributed by atoms with van der Waals surface area (Å²) >= 11 is 0. The monoisotopic (exact) mass is 129 g/mol. The predicted octanol–water partition coefficient (Wildman–Crippen LogP) is 0.549. The Morgan fingerprint density at radius 3 is 2.67 bits per heavy atom. The van der Waals surface area contributed by atoms with E-state index in [1.54, 1.807) is 6.92 Å². The molecular weight excluding hydrogens is 118 g/mol. The Labute approximate surface area is 54.5 Å². The zero-order chi connectivity index (χ0) is 7.28. The van der Waals surface area contributed by atoms with Crippen molar-refractivity contribution in [1.29, 1.82) is 5.41 Å². The van der Waals surface area contributed by atoms with E-state index >= 15 is 0 Å². The fourth-order valence-corrected chi connectivity index (χ4v) is 0.271. The van der Waals surface area contributed by atoms with Crippen LogP contribution in [0.4, 0.5) is 0 Å². The van der Waals surface area contributed by atoms with Crippen LogP contribution in [0.5, 0.6) is 0 Å². The second kappa shape index (κ2) is 4.09. The van der Waals surface area contributed by atoms with Gasteiger partial charge in [-0.15, -0.1) is 0 Å². The van der Waals surface area contributed by atoms with Gasteiger partial charge in [0.15, 0.2) is 0 Å². The Hall–Kier alpha value is -0.830. The second-order valence-electron chi connectivity index (χ2n) is 1.68. The van der Waals surface area contributed by atoms with Gasteiger partial charge in [0.05, 0.1) is 6.61 Å². The molecule has 0 fully saturated rings. The Balaban J connectivity index is 3.39. The molecule has 0 spiro atoms. The molecule has 0 rings (SSSR count). The van der Waals surface area contributed by atoms with Gasteiger partial charge in [-0.2, -0.15) is 0 Å². The van der Waals surface area contributed by atoms with Crippen molar-refractivity contribution in [3.05, 3.63) is 12.2 Å². The molecule has 0 aromatic heterocycles. The molecule has 0 aliphatic carbocycles. The minimum atomic E-state index is -0.0599. The normalized spacial score (nSPS) is 8.67. The summed E-state index contributed by atoms with van der Waals surface area (Å²) in [6.07, 6.45) is 0. The first-order chi connectivity index (χ1) is 4.18. The first-order valence-corrected chi connectivity index (χ1v) is 2.66. The lowest BCUT2D eigenvalue weighted by Crippen LogP contribution is -2.07. The number of hydrogen-bond acceptors (Lipinski definition) is 3. The summed E-state index contributed by atoms with van der Waals surface area (Å²) in [5.41, 5.74) is 0.573. The highest BCUT2D eigenvalue weighted by molar-refractivity contribution is 5.89. The number of hydrogen-bond donors (Lipinski definition) is 2. The Morgan fingerprint density at radius 2 is 2.33 bits per heavy atom. The van der Waals surface area contributed by atoms with Crippen LogP contribution in [0.1, 0.15) is 6.92 Å². The standard InChI is InChI=1S/C6H11NO2/c1-5(2)6(7)9-4-3-8/h7-8H,1,3-4H2,2H3. The first-order valence-electron chi connectivity index (χ1n) is 2.66. The van der Waals surface area contributed by atoms with Crippen LogP contribution in [0.3, 0.4) is 0 Å². The van der Waals surface area contributed by atoms with E-state index in [9.17, 15) is 0 Å². The molecule has 0 radical (unpaired) electrons. The summed E-state index contributed by atoms with van der Waals surface area (Å²) in [6.45, 7) is 5.27. The molecular formula is C6H11NO2. The minimum Gasteiger partial charge on any atom is -0.475 e. The predicted molar refractivity (Wildman–Crippen MR) is 35.6 cm³/mol. The number of nitrogens with one attached hydrogen (secondary N) is 1. The van der Waals surface area contributed by atoms with Gasteiger partial charge in [0.1, 0.15) is 6.61 Å². The molecule has 0 saturated heterocycles. The molecule has 52 valence electrons. The molecule has 2 N–H and O–H groups in total. The van der Waals surface area contributed by atoms with Crippen LogP contribution in [-0.4, -0.2) is 24.2 Å². The number of ether oxygens (including phenoxy) is 1. The van der Waals surface area contributed by atoms with Crippen LogP contribution in [0.25, 0.3) is 0 Å². The fourth-order valence-electron chi connectivity index (χ4n) is 0.271. The average Bonchev–Trinajstić information content (AvgIpc) is 1.82. The van der Waals surface area contributed by atoms with E-state index in [0.717, 1.165) is 0 Å². The van der Waals surface area contributed by atoms with Crippen LogP contribution in [0.15, 0.2) is 12.2 Å². The van der Waals surface area contributed by atoms with Crippen molar-refractivity contribution in [2.24, 2.45) is 0 Å². The topological polar surface area (TPSA) is 53.3 Å². The van der Waals surface area contributed by atoms with Crippen molar-refractivity contribution in [2.45, 2.75) is 6.92 Å². The van der Waals surface area contributed by atoms with Crippen LogP contribution in [0.2, 0.25) is 0 Å². The van der Waals surface area contributed by atoms with E-state index in [-0.39, 0.29) is 19.1 Å². The first kappa shape index (κ1) is 8.17. The molecule has 0 aliphatic heterocycles. The largest absolute Gasteiger partial charge is 0.475 e. The van der Waals surface area contributed by atoms with Gasteiger partial charge in [-0.1, -0.05) is 6.58 Å². The third-order valence-corrected chi connectivity index (χ3v) is 0.725. The fraction of sp³-hybridized carbons (Fsp3) is 0.500. The molecule has 0 heterocycles. The van der Waals surface area contributed by atoms with E-state index < -0.39 is 0 Å². The lowest BCUT2D eigenvalue weighted by Gasteiger charge is -2.02. The third-order valence-electron chi connectivity index (χ3n) is 0.725. The van der Waals surface area contributed by atoms with E-state index in [1.807, 2.05) is 0 Å². The highest BCUT2D eigenvalue weighted by Gasteiger charge is 1.94. The molecule has 0 aromatic carbocycles. The number of aliphatic hydroxyl groups is 1. The number of rotatable bonds is 3. The maximum atomic E-state index is 8.25. The quantitative estimate of drug-likeness (QED) is 0.432. The van der Waals surface area contributed by atoms with Gasteiger partial charge in [-0.25, -0.2) is 0 Å². The summed E-state index contributed by atoms with van der Waals surface area (Å²) < 4.78 is 4.69. The Kier molecular flexibility index (Phi) is 3.71. The van der Waals surface area contributed by atoms with E-state index in [4.69, 9.17) is 10.5 Å². The molecule has 9 heavy (non-hydrogen) atoms. The summed E-state index contributed by atoms with van der Waals surface area (Å²) in [6, 6.07) is 0. The van der Waals surface area contributed by atoms with E-state index in [1.165, 1.54) is 0 Å². The summed E-state index contributed by atoms with van der Waals surface area (Å²) in [5, 5.41) is 15.3. The lowest BCUT2D eigenvalue weighted by molar-refractivity contribution is 0.193. The highest BCUT2D eigenvalue weighted by atomic mass is 16.5. The molecule has 0 bridgehead atoms. The summed E-state index contributed by atoms with van der Waals surface area (Å²) in [5.74, 6) is 0.0454. The van der Waals surface area contributed by atoms with E-state index in [0.29, 0.717) is 5.57 Å². The maximum Gasteiger partial charge on any atom is 0.208 e. The average molecular weight is 129 g/mol. The van der Waals surface area contributed by atoms with Crippen LogP contribution in [-0.2, 0) is 4.74 Å². The van der Waals surface area contributed by atoms with Crippen LogP contribution < -0.4 is 0 Å². The summed E-state index contributed by atoms with van der Waals surface area (Å²) in [4.78, 5) is 0. The molecule has 0 atom stereocenters. The van der Waals surface area contributed by atoms with Crippen molar-refractivity contribution in [3.8, 4) is 0 Å². The Bertz CT molecular complexity index is 120. The zero-order valence-electron chi connectivity index (χ0n) is 5.48. The second-order valence-corrected chi connectivity index (χ2v) is 1.68. The van der Waals surface area contributed by atoms with Crippen molar-refractivity contribution in [3.63, 3.8) is 0 Å². The van der Waals surface area contributed by atoms with Crippen molar-refractivity contribution in [1.82, 2.24) is 0 Å². The molecule has 0 amide bonds. The minimum absolute atomic E-state index is 0.0454. The number of aliphatic hydroxyl groups excluding tert-OH is 1. The van der Waals surface area contributed by atoms with Gasteiger partial charge in [0.2, 0.25) is 5.90 Å². The SMILES string of the molecule is C=C(C)C(=N)OCCO. The zero-order valence-corrected chi connectivity index (χ0v) is 5.48. The van der Waals surface area contributed by atoms with Gasteiger partial charge >= 0.3 is 0 Å². The molecule has 0 saturated carbocycles. The molecule has 0 aliphatic rings. The molecule has 3 heteroatoms. The summed E-state index contributed by atoms with van der Waals surface area (Å²) in [7, 11) is 0.